The van der Waals surface area contributed by atoms with E-state index in [-0.39, 0.29) is 5.91 Å². The fraction of sp³-hybridized carbons (Fsp3) is 0.333. The number of rotatable bonds is 5. The van der Waals surface area contributed by atoms with Gasteiger partial charge in [0.2, 0.25) is 0 Å². The lowest BCUT2D eigenvalue weighted by Crippen LogP contribution is -2.48. The van der Waals surface area contributed by atoms with Gasteiger partial charge in [0, 0.05) is 26.2 Å². The van der Waals surface area contributed by atoms with Gasteiger partial charge in [-0.25, -0.2) is 4.98 Å². The van der Waals surface area contributed by atoms with Crippen LogP contribution >= 0.6 is 23.1 Å². The van der Waals surface area contributed by atoms with Crippen molar-refractivity contribution in [1.82, 2.24) is 19.4 Å². The van der Waals surface area contributed by atoms with Crippen LogP contribution in [0, 0.1) is 0 Å². The van der Waals surface area contributed by atoms with Gasteiger partial charge in [-0.2, -0.15) is 8.78 Å². The third-order valence-corrected chi connectivity index (χ3v) is 6.11. The van der Waals surface area contributed by atoms with Gasteiger partial charge < -0.3 is 9.47 Å². The maximum Gasteiger partial charge on any atom is 0.291 e. The Kier molecular flexibility index (Phi) is 5.42. The van der Waals surface area contributed by atoms with Crippen molar-refractivity contribution in [3.8, 4) is 0 Å². The normalized spacial score (nSPS) is 15.7. The number of thiophene rings is 1. The van der Waals surface area contributed by atoms with E-state index in [0.29, 0.717) is 55.3 Å². The van der Waals surface area contributed by atoms with Crippen molar-refractivity contribution in [3.05, 3.63) is 46.7 Å². The van der Waals surface area contributed by atoms with Crippen LogP contribution in [0.1, 0.15) is 9.67 Å². The summed E-state index contributed by atoms with van der Waals surface area (Å²) in [6.07, 6.45) is 0. The van der Waals surface area contributed by atoms with Crippen molar-refractivity contribution < 1.29 is 13.6 Å². The maximum absolute atomic E-state index is 12.9. The number of fused-ring (bicyclic) bond motifs is 1. The zero-order valence-corrected chi connectivity index (χ0v) is 16.1. The molecule has 3 heterocycles. The molecule has 0 unspecified atom stereocenters. The zero-order valence-electron chi connectivity index (χ0n) is 14.4. The van der Waals surface area contributed by atoms with Crippen LogP contribution in [0.5, 0.6) is 0 Å². The Morgan fingerprint density at radius 3 is 2.63 bits per heavy atom. The molecule has 1 aromatic carbocycles. The fourth-order valence-electron chi connectivity index (χ4n) is 3.21. The van der Waals surface area contributed by atoms with E-state index in [1.54, 1.807) is 0 Å². The molecule has 0 radical (unpaired) electrons. The molecule has 4 rings (SSSR count). The predicted octanol–water partition coefficient (Wildman–Crippen LogP) is 3.83. The number of benzene rings is 1. The molecule has 5 nitrogen and oxygen atoms in total. The number of thioether (sulfide) groups is 1. The summed E-state index contributed by atoms with van der Waals surface area (Å²) in [4.78, 5) is 21.6. The van der Waals surface area contributed by atoms with E-state index >= 15 is 0 Å². The number of aromatic nitrogens is 2. The molecule has 142 valence electrons. The first-order valence-electron chi connectivity index (χ1n) is 8.57. The molecule has 27 heavy (non-hydrogen) atoms. The van der Waals surface area contributed by atoms with Gasteiger partial charge in [-0.3, -0.25) is 9.69 Å². The summed E-state index contributed by atoms with van der Waals surface area (Å²) >= 11 is 1.92. The fourth-order valence-corrected chi connectivity index (χ4v) is 4.49. The van der Waals surface area contributed by atoms with Crippen molar-refractivity contribution in [1.29, 1.82) is 0 Å². The molecule has 1 aliphatic rings. The molecule has 0 atom stereocenters. The van der Waals surface area contributed by atoms with E-state index < -0.39 is 5.76 Å². The average Bonchev–Trinajstić information content (AvgIpc) is 3.30. The Hall–Kier alpha value is -1.97. The smallest absolute Gasteiger partial charge is 0.291 e. The number of carbonyl (C=O) groups is 1. The predicted molar refractivity (Wildman–Crippen MR) is 103 cm³/mol. The SMILES string of the molecule is O=C(c1cccs1)N1CCN(Cn2c(SC(F)F)nc3ccccc32)CC1. The van der Waals surface area contributed by atoms with Crippen molar-refractivity contribution in [2.75, 3.05) is 26.2 Å². The minimum atomic E-state index is -2.51. The number of imidazole rings is 1. The molecule has 0 N–H and O–H groups in total. The van der Waals surface area contributed by atoms with Crippen LogP contribution in [0.15, 0.2) is 46.9 Å². The highest BCUT2D eigenvalue weighted by Gasteiger charge is 2.24. The summed E-state index contributed by atoms with van der Waals surface area (Å²) in [5.74, 6) is -2.45. The monoisotopic (exact) mass is 408 g/mol. The first-order valence-corrected chi connectivity index (χ1v) is 10.3. The van der Waals surface area contributed by atoms with Gasteiger partial charge in [-0.15, -0.1) is 11.3 Å². The second kappa shape index (κ2) is 7.95. The van der Waals surface area contributed by atoms with Gasteiger partial charge in [0.25, 0.3) is 11.7 Å². The van der Waals surface area contributed by atoms with E-state index in [2.05, 4.69) is 9.88 Å². The van der Waals surface area contributed by atoms with E-state index in [0.717, 1.165) is 10.4 Å². The van der Waals surface area contributed by atoms with Gasteiger partial charge in [0.15, 0.2) is 5.16 Å². The summed E-state index contributed by atoms with van der Waals surface area (Å²) in [6.45, 7) is 3.13. The standard InChI is InChI=1S/C18H18F2N4OS2/c19-17(20)27-18-21-13-4-1-2-5-14(13)24(18)12-22-7-9-23(10-8-22)16(25)15-6-3-11-26-15/h1-6,11,17H,7-10,12H2. The third kappa shape index (κ3) is 3.99. The molecule has 1 saturated heterocycles. The third-order valence-electron chi connectivity index (χ3n) is 4.55. The van der Waals surface area contributed by atoms with Crippen molar-refractivity contribution >= 4 is 40.0 Å². The number of nitrogens with zero attached hydrogens (tertiary/aromatic N) is 4. The van der Waals surface area contributed by atoms with Gasteiger partial charge >= 0.3 is 0 Å². The topological polar surface area (TPSA) is 41.4 Å². The Bertz CT molecular complexity index is 921. The maximum atomic E-state index is 12.9. The number of para-hydroxylation sites is 2. The molecule has 1 amide bonds. The first kappa shape index (κ1) is 18.4. The highest BCUT2D eigenvalue weighted by atomic mass is 32.2. The summed E-state index contributed by atoms with van der Waals surface area (Å²) in [7, 11) is 0. The van der Waals surface area contributed by atoms with Crippen LogP contribution in [-0.2, 0) is 6.67 Å². The van der Waals surface area contributed by atoms with E-state index in [1.165, 1.54) is 11.3 Å². The summed E-state index contributed by atoms with van der Waals surface area (Å²) < 4.78 is 27.7. The van der Waals surface area contributed by atoms with Crippen molar-refractivity contribution in [3.63, 3.8) is 0 Å². The van der Waals surface area contributed by atoms with Crippen LogP contribution < -0.4 is 0 Å². The molecule has 1 fully saturated rings. The van der Waals surface area contributed by atoms with Gasteiger partial charge in [0.1, 0.15) is 0 Å². The molecule has 9 heteroatoms. The van der Waals surface area contributed by atoms with Crippen LogP contribution in [0.4, 0.5) is 8.78 Å². The highest BCUT2D eigenvalue weighted by Crippen LogP contribution is 2.29. The minimum absolute atomic E-state index is 0.0617. The molecular weight excluding hydrogens is 390 g/mol. The Morgan fingerprint density at radius 2 is 1.93 bits per heavy atom. The first-order chi connectivity index (χ1) is 13.1. The summed E-state index contributed by atoms with van der Waals surface area (Å²) in [5, 5.41) is 2.22. The largest absolute Gasteiger partial charge is 0.335 e. The molecule has 0 spiro atoms. The van der Waals surface area contributed by atoms with Gasteiger partial charge in [-0.05, 0) is 35.3 Å². The molecule has 1 aliphatic heterocycles. The molecule has 0 bridgehead atoms. The van der Waals surface area contributed by atoms with Crippen LogP contribution in [-0.4, -0.2) is 57.2 Å². The summed E-state index contributed by atoms with van der Waals surface area (Å²) in [6, 6.07) is 11.2. The number of hydrogen-bond donors (Lipinski definition) is 0. The molecule has 0 saturated carbocycles. The van der Waals surface area contributed by atoms with Gasteiger partial charge in [0.05, 0.1) is 22.6 Å². The van der Waals surface area contributed by atoms with Crippen LogP contribution in [0.25, 0.3) is 11.0 Å². The summed E-state index contributed by atoms with van der Waals surface area (Å²) in [5.41, 5.74) is 1.56. The van der Waals surface area contributed by atoms with Crippen LogP contribution in [0.2, 0.25) is 0 Å². The number of amides is 1. The van der Waals surface area contributed by atoms with Crippen LogP contribution in [0.3, 0.4) is 0 Å². The Morgan fingerprint density at radius 1 is 1.15 bits per heavy atom. The Balaban J connectivity index is 1.46. The second-order valence-electron chi connectivity index (χ2n) is 6.22. The van der Waals surface area contributed by atoms with Gasteiger partial charge in [-0.1, -0.05) is 18.2 Å². The number of alkyl halides is 2. The number of hydrogen-bond acceptors (Lipinski definition) is 5. The van der Waals surface area contributed by atoms with E-state index in [4.69, 9.17) is 0 Å². The second-order valence-corrected chi connectivity index (χ2v) is 8.12. The number of carbonyl (C=O) groups excluding carboxylic acids is 1. The number of piperazine rings is 1. The molecule has 3 aromatic rings. The highest BCUT2D eigenvalue weighted by molar-refractivity contribution is 7.99. The molecular formula is C18H18F2N4OS2. The lowest BCUT2D eigenvalue weighted by molar-refractivity contribution is 0.0596. The van der Waals surface area contributed by atoms with E-state index in [9.17, 15) is 13.6 Å². The number of halogens is 2. The lowest BCUT2D eigenvalue weighted by atomic mass is 10.3. The Labute approximate surface area is 163 Å². The molecule has 0 aliphatic carbocycles. The average molecular weight is 408 g/mol. The lowest BCUT2D eigenvalue weighted by Gasteiger charge is -2.34. The van der Waals surface area contributed by atoms with E-state index in [1.807, 2.05) is 51.2 Å². The quantitative estimate of drug-likeness (QED) is 0.602. The minimum Gasteiger partial charge on any atom is -0.335 e. The molecule has 2 aromatic heterocycles. The zero-order chi connectivity index (χ0) is 18.8. The van der Waals surface area contributed by atoms with Crippen molar-refractivity contribution in [2.45, 2.75) is 17.6 Å². The van der Waals surface area contributed by atoms with Crippen molar-refractivity contribution in [2.24, 2.45) is 0 Å².